The molecule has 0 aliphatic carbocycles. The van der Waals surface area contributed by atoms with Gasteiger partial charge >= 0.3 is 18.4 Å². The van der Waals surface area contributed by atoms with Crippen LogP contribution in [-0.4, -0.2) is 60.1 Å². The van der Waals surface area contributed by atoms with Crippen LogP contribution in [0.25, 0.3) is 0 Å². The molecule has 1 heterocycles. The SMILES string of the molecule is O=C(O)NC1CCN(C(=O)CN(CC(=O)NCc2cc(C(F)(F)F)cc(C(F)(F)F)c2)c2cccc(Oc3ccccc3)c2)C1. The predicted molar refractivity (Wildman–Crippen MR) is 150 cm³/mol. The summed E-state index contributed by atoms with van der Waals surface area (Å²) >= 11 is 0. The number of hydrogen-bond donors (Lipinski definition) is 3. The minimum atomic E-state index is -5.04. The van der Waals surface area contributed by atoms with Gasteiger partial charge in [0.2, 0.25) is 11.8 Å². The topological polar surface area (TPSA) is 111 Å². The molecule has 1 aliphatic rings. The molecule has 3 aromatic carbocycles. The first-order valence-corrected chi connectivity index (χ1v) is 13.6. The zero-order chi connectivity index (χ0) is 32.8. The summed E-state index contributed by atoms with van der Waals surface area (Å²) in [5.41, 5.74) is -3.07. The van der Waals surface area contributed by atoms with Gasteiger partial charge in [-0.25, -0.2) is 4.79 Å². The molecule has 240 valence electrons. The number of para-hydroxylation sites is 1. The smallest absolute Gasteiger partial charge is 0.416 e. The zero-order valence-corrected chi connectivity index (χ0v) is 23.5. The molecule has 0 aromatic heterocycles. The Bertz CT molecular complexity index is 1480. The first-order valence-electron chi connectivity index (χ1n) is 13.6. The van der Waals surface area contributed by atoms with Crippen molar-refractivity contribution in [1.82, 2.24) is 15.5 Å². The van der Waals surface area contributed by atoms with Gasteiger partial charge in [0.05, 0.1) is 30.3 Å². The van der Waals surface area contributed by atoms with Crippen molar-refractivity contribution in [2.45, 2.75) is 31.4 Å². The highest BCUT2D eigenvalue weighted by Gasteiger charge is 2.37. The van der Waals surface area contributed by atoms with E-state index in [9.17, 15) is 40.7 Å². The van der Waals surface area contributed by atoms with Crippen LogP contribution in [0.2, 0.25) is 0 Å². The number of carbonyl (C=O) groups excluding carboxylic acids is 2. The molecular formula is C30H28F6N4O5. The van der Waals surface area contributed by atoms with Crippen LogP contribution in [0.4, 0.5) is 36.8 Å². The van der Waals surface area contributed by atoms with Crippen LogP contribution in [0.15, 0.2) is 72.8 Å². The lowest BCUT2D eigenvalue weighted by molar-refractivity contribution is -0.143. The van der Waals surface area contributed by atoms with Gasteiger partial charge in [0, 0.05) is 31.4 Å². The molecule has 0 radical (unpaired) electrons. The molecule has 3 N–H and O–H groups in total. The maximum absolute atomic E-state index is 13.3. The van der Waals surface area contributed by atoms with Gasteiger partial charge in [0.15, 0.2) is 0 Å². The summed E-state index contributed by atoms with van der Waals surface area (Å²) in [7, 11) is 0. The van der Waals surface area contributed by atoms with Crippen molar-refractivity contribution in [3.05, 3.63) is 89.5 Å². The first-order chi connectivity index (χ1) is 21.2. The predicted octanol–water partition coefficient (Wildman–Crippen LogP) is 5.51. The van der Waals surface area contributed by atoms with Crippen molar-refractivity contribution in [2.75, 3.05) is 31.1 Å². The number of benzene rings is 3. The van der Waals surface area contributed by atoms with Crippen LogP contribution in [0.1, 0.15) is 23.1 Å². The van der Waals surface area contributed by atoms with Gasteiger partial charge in [-0.3, -0.25) is 9.59 Å². The Morgan fingerprint density at radius 2 is 1.51 bits per heavy atom. The molecule has 1 atom stereocenters. The highest BCUT2D eigenvalue weighted by atomic mass is 19.4. The van der Waals surface area contributed by atoms with Crippen molar-refractivity contribution in [3.8, 4) is 11.5 Å². The number of carboxylic acid groups (broad SMARTS) is 1. The van der Waals surface area contributed by atoms with Crippen molar-refractivity contribution in [3.63, 3.8) is 0 Å². The Hall–Kier alpha value is -4.95. The molecular weight excluding hydrogens is 610 g/mol. The number of carbonyl (C=O) groups is 3. The summed E-state index contributed by atoms with van der Waals surface area (Å²) in [4.78, 5) is 40.0. The number of likely N-dealkylation sites (tertiary alicyclic amines) is 1. The second kappa shape index (κ2) is 13.8. The van der Waals surface area contributed by atoms with E-state index < -0.39 is 66.1 Å². The van der Waals surface area contributed by atoms with Crippen LogP contribution in [0, 0.1) is 0 Å². The van der Waals surface area contributed by atoms with Crippen LogP contribution in [0.3, 0.4) is 0 Å². The minimum absolute atomic E-state index is 0.00192. The number of hydrogen-bond acceptors (Lipinski definition) is 5. The monoisotopic (exact) mass is 638 g/mol. The molecule has 4 rings (SSSR count). The van der Waals surface area contributed by atoms with E-state index in [1.807, 2.05) is 0 Å². The Kier molecular flexibility index (Phi) is 10.1. The van der Waals surface area contributed by atoms with Crippen LogP contribution in [-0.2, 0) is 28.5 Å². The Balaban J connectivity index is 1.52. The number of anilines is 1. The van der Waals surface area contributed by atoms with Gasteiger partial charge in [0.25, 0.3) is 0 Å². The van der Waals surface area contributed by atoms with E-state index in [-0.39, 0.29) is 25.7 Å². The van der Waals surface area contributed by atoms with Crippen LogP contribution >= 0.6 is 0 Å². The molecule has 0 spiro atoms. The van der Waals surface area contributed by atoms with E-state index in [2.05, 4.69) is 10.6 Å². The van der Waals surface area contributed by atoms with E-state index in [0.717, 1.165) is 0 Å². The Morgan fingerprint density at radius 1 is 0.867 bits per heavy atom. The average molecular weight is 639 g/mol. The highest BCUT2D eigenvalue weighted by molar-refractivity contribution is 5.87. The molecule has 3 amide bonds. The molecule has 1 unspecified atom stereocenters. The molecule has 1 fully saturated rings. The minimum Gasteiger partial charge on any atom is -0.465 e. The highest BCUT2D eigenvalue weighted by Crippen LogP contribution is 2.36. The van der Waals surface area contributed by atoms with Crippen molar-refractivity contribution in [2.24, 2.45) is 0 Å². The normalized spacial score (nSPS) is 15.0. The van der Waals surface area contributed by atoms with E-state index in [4.69, 9.17) is 9.84 Å². The third-order valence-corrected chi connectivity index (χ3v) is 6.83. The molecule has 9 nitrogen and oxygen atoms in total. The lowest BCUT2D eigenvalue weighted by Gasteiger charge is -2.27. The van der Waals surface area contributed by atoms with Gasteiger partial charge < -0.3 is 30.3 Å². The second-order valence-corrected chi connectivity index (χ2v) is 10.2. The maximum Gasteiger partial charge on any atom is 0.416 e. The van der Waals surface area contributed by atoms with Crippen molar-refractivity contribution < 1.29 is 50.6 Å². The van der Waals surface area contributed by atoms with Crippen molar-refractivity contribution in [1.29, 1.82) is 0 Å². The second-order valence-electron chi connectivity index (χ2n) is 10.2. The lowest BCUT2D eigenvalue weighted by Crippen LogP contribution is -2.45. The quantitative estimate of drug-likeness (QED) is 0.253. The third kappa shape index (κ3) is 9.52. The number of rotatable bonds is 10. The molecule has 0 saturated carbocycles. The number of nitrogens with zero attached hydrogens (tertiary/aromatic N) is 2. The van der Waals surface area contributed by atoms with Gasteiger partial charge in [-0.2, -0.15) is 26.3 Å². The van der Waals surface area contributed by atoms with Gasteiger partial charge in [0.1, 0.15) is 11.5 Å². The fraction of sp³-hybridized carbons (Fsp3) is 0.300. The average Bonchev–Trinajstić information content (AvgIpc) is 3.43. The third-order valence-electron chi connectivity index (χ3n) is 6.83. The molecule has 45 heavy (non-hydrogen) atoms. The molecule has 15 heteroatoms. The number of halogens is 6. The van der Waals surface area contributed by atoms with E-state index >= 15 is 0 Å². The number of alkyl halides is 6. The summed E-state index contributed by atoms with van der Waals surface area (Å²) in [6.07, 6.45) is -10.9. The lowest BCUT2D eigenvalue weighted by atomic mass is 10.0. The number of nitrogens with one attached hydrogen (secondary N) is 2. The Morgan fingerprint density at radius 3 is 2.13 bits per heavy atom. The maximum atomic E-state index is 13.3. The fourth-order valence-electron chi connectivity index (χ4n) is 4.70. The molecule has 1 aliphatic heterocycles. The largest absolute Gasteiger partial charge is 0.465 e. The molecule has 1 saturated heterocycles. The summed E-state index contributed by atoms with van der Waals surface area (Å²) in [6, 6.07) is 15.8. The van der Waals surface area contributed by atoms with Crippen LogP contribution < -0.4 is 20.3 Å². The summed E-state index contributed by atoms with van der Waals surface area (Å²) in [6.45, 7) is -1.10. The van der Waals surface area contributed by atoms with Crippen molar-refractivity contribution >= 4 is 23.6 Å². The first kappa shape index (κ1) is 33.0. The zero-order valence-electron chi connectivity index (χ0n) is 23.5. The molecule has 3 aromatic rings. The van der Waals surface area contributed by atoms with Gasteiger partial charge in [-0.1, -0.05) is 24.3 Å². The van der Waals surface area contributed by atoms with E-state index in [1.165, 1.54) is 9.80 Å². The Labute approximate surface area is 253 Å². The van der Waals surface area contributed by atoms with E-state index in [1.54, 1.807) is 54.6 Å². The summed E-state index contributed by atoms with van der Waals surface area (Å²) in [5, 5.41) is 13.6. The van der Waals surface area contributed by atoms with Crippen LogP contribution in [0.5, 0.6) is 11.5 Å². The number of amides is 3. The summed E-state index contributed by atoms with van der Waals surface area (Å²) < 4.78 is 85.4. The fourth-order valence-corrected chi connectivity index (χ4v) is 4.70. The standard InChI is InChI=1S/C30H28F6N4O5/c31-29(32,33)20-11-19(12-21(13-20)30(34,35)36)15-37-26(41)17-40(18-27(42)39-10-9-22(16-39)38-28(43)44)23-5-4-8-25(14-23)45-24-6-2-1-3-7-24/h1-8,11-14,22,38H,9-10,15-18H2,(H,37,41)(H,43,44). The number of ether oxygens (including phenoxy) is 1. The van der Waals surface area contributed by atoms with Gasteiger partial charge in [-0.05, 0) is 54.4 Å². The molecule has 0 bridgehead atoms. The van der Waals surface area contributed by atoms with E-state index in [0.29, 0.717) is 35.7 Å². The van der Waals surface area contributed by atoms with Gasteiger partial charge in [-0.15, -0.1) is 0 Å². The summed E-state index contributed by atoms with van der Waals surface area (Å²) in [5.74, 6) is -0.329.